The van der Waals surface area contributed by atoms with Crippen LogP contribution in [0.15, 0.2) is 60.7 Å². The van der Waals surface area contributed by atoms with Crippen molar-refractivity contribution in [3.05, 3.63) is 77.6 Å². The third-order valence-corrected chi connectivity index (χ3v) is 3.89. The van der Waals surface area contributed by atoms with Crippen molar-refractivity contribution in [2.45, 2.75) is 5.92 Å². The molecule has 0 saturated carbocycles. The van der Waals surface area contributed by atoms with Gasteiger partial charge in [-0.1, -0.05) is 42.5 Å². The molecule has 0 spiro atoms. The summed E-state index contributed by atoms with van der Waals surface area (Å²) < 4.78 is 12.8. The Kier molecular flexibility index (Phi) is 4.33. The van der Waals surface area contributed by atoms with Crippen LogP contribution in [0, 0.1) is 5.82 Å². The van der Waals surface area contributed by atoms with Crippen molar-refractivity contribution >= 4 is 23.7 Å². The van der Waals surface area contributed by atoms with Crippen molar-refractivity contribution in [3.8, 4) is 0 Å². The van der Waals surface area contributed by atoms with Crippen molar-refractivity contribution < 1.29 is 18.8 Å². The van der Waals surface area contributed by atoms with E-state index >= 15 is 0 Å². The average molecular weight is 323 g/mol. The number of halogens is 1. The second-order valence-electron chi connectivity index (χ2n) is 5.47. The van der Waals surface area contributed by atoms with Gasteiger partial charge in [-0.05, 0) is 29.3 Å². The number of benzene rings is 2. The van der Waals surface area contributed by atoms with Gasteiger partial charge in [0.05, 0.1) is 5.92 Å². The molecule has 5 heteroatoms. The van der Waals surface area contributed by atoms with Gasteiger partial charge < -0.3 is 0 Å². The molecule has 0 bridgehead atoms. The van der Waals surface area contributed by atoms with E-state index in [9.17, 15) is 18.8 Å². The molecule has 1 saturated heterocycles. The highest BCUT2D eigenvalue weighted by molar-refractivity contribution is 6.43. The third kappa shape index (κ3) is 3.15. The van der Waals surface area contributed by atoms with Crippen LogP contribution in [-0.4, -0.2) is 29.0 Å². The Bertz CT molecular complexity index is 812. The lowest BCUT2D eigenvalue weighted by Crippen LogP contribution is -2.32. The van der Waals surface area contributed by atoms with E-state index in [1.54, 1.807) is 24.3 Å². The first-order valence-corrected chi connectivity index (χ1v) is 7.44. The summed E-state index contributed by atoms with van der Waals surface area (Å²) in [5.74, 6) is -2.93. The molecule has 24 heavy (non-hydrogen) atoms. The molecule has 0 aliphatic carbocycles. The van der Waals surface area contributed by atoms with Gasteiger partial charge in [0, 0.05) is 12.6 Å². The zero-order chi connectivity index (χ0) is 17.1. The summed E-state index contributed by atoms with van der Waals surface area (Å²) in [5, 5.41) is 0. The number of hydrogen-bond acceptors (Lipinski definition) is 3. The molecule has 1 aliphatic heterocycles. The number of nitrogens with zero attached hydrogens (tertiary/aromatic N) is 1. The van der Waals surface area contributed by atoms with Gasteiger partial charge in [0.25, 0.3) is 11.8 Å². The fourth-order valence-corrected chi connectivity index (χ4v) is 2.59. The Labute approximate surface area is 138 Å². The quantitative estimate of drug-likeness (QED) is 0.644. The first-order valence-electron chi connectivity index (χ1n) is 7.44. The van der Waals surface area contributed by atoms with Crippen LogP contribution in [0.5, 0.6) is 0 Å². The second kappa shape index (κ2) is 6.58. The highest BCUT2D eigenvalue weighted by atomic mass is 19.1. The number of likely N-dealkylation sites (tertiary alicyclic amines) is 1. The predicted molar refractivity (Wildman–Crippen MR) is 86.3 cm³/mol. The standard InChI is InChI=1S/C19H14FNO3/c20-15-9-6-13(7-10-15)8-11-17(22)21-12-16(18(23)19(21)24)14-4-2-1-3-5-14/h1-11,16H,12H2/b11-8+/t16-/m0/s1. The van der Waals surface area contributed by atoms with Gasteiger partial charge in [-0.2, -0.15) is 0 Å². The summed E-state index contributed by atoms with van der Waals surface area (Å²) in [5.41, 5.74) is 1.34. The van der Waals surface area contributed by atoms with Gasteiger partial charge in [-0.15, -0.1) is 0 Å². The number of Topliss-reactive ketones (excluding diaryl/α,β-unsaturated/α-hetero) is 1. The van der Waals surface area contributed by atoms with Crippen LogP contribution in [-0.2, 0) is 14.4 Å². The lowest BCUT2D eigenvalue weighted by molar-refractivity contribution is -0.145. The maximum atomic E-state index is 12.8. The topological polar surface area (TPSA) is 54.5 Å². The molecule has 1 atom stereocenters. The smallest absolute Gasteiger partial charge is 0.288 e. The van der Waals surface area contributed by atoms with Gasteiger partial charge in [0.15, 0.2) is 0 Å². The third-order valence-electron chi connectivity index (χ3n) is 3.89. The molecular formula is C19H14FNO3. The van der Waals surface area contributed by atoms with Crippen LogP contribution in [0.3, 0.4) is 0 Å². The molecule has 0 N–H and O–H groups in total. The van der Waals surface area contributed by atoms with E-state index < -0.39 is 23.5 Å². The Morgan fingerprint density at radius 1 is 1.04 bits per heavy atom. The molecule has 0 unspecified atom stereocenters. The minimum absolute atomic E-state index is 0.0360. The SMILES string of the molecule is O=C1C(=O)N(C(=O)/C=C/c2ccc(F)cc2)C[C@H]1c1ccccc1. The predicted octanol–water partition coefficient (Wildman–Crippen LogP) is 2.56. The minimum Gasteiger partial charge on any atom is -0.288 e. The average Bonchev–Trinajstić information content (AvgIpc) is 2.90. The van der Waals surface area contributed by atoms with Crippen molar-refractivity contribution in [2.75, 3.05) is 6.54 Å². The van der Waals surface area contributed by atoms with Gasteiger partial charge in [0.2, 0.25) is 5.78 Å². The minimum atomic E-state index is -0.794. The Hall–Kier alpha value is -3.08. The Morgan fingerprint density at radius 2 is 1.71 bits per heavy atom. The van der Waals surface area contributed by atoms with Crippen LogP contribution < -0.4 is 0 Å². The first-order chi connectivity index (χ1) is 11.6. The molecule has 4 nitrogen and oxygen atoms in total. The first kappa shape index (κ1) is 15.8. The van der Waals surface area contributed by atoms with Gasteiger partial charge in [0.1, 0.15) is 5.82 Å². The van der Waals surface area contributed by atoms with E-state index in [0.717, 1.165) is 4.90 Å². The van der Waals surface area contributed by atoms with E-state index in [0.29, 0.717) is 11.1 Å². The highest BCUT2D eigenvalue weighted by Crippen LogP contribution is 2.25. The molecule has 1 aliphatic rings. The molecule has 1 fully saturated rings. The highest BCUT2D eigenvalue weighted by Gasteiger charge is 2.41. The summed E-state index contributed by atoms with van der Waals surface area (Å²) >= 11 is 0. The zero-order valence-electron chi connectivity index (χ0n) is 12.7. The second-order valence-corrected chi connectivity index (χ2v) is 5.47. The van der Waals surface area contributed by atoms with Crippen LogP contribution in [0.2, 0.25) is 0 Å². The van der Waals surface area contributed by atoms with E-state index in [4.69, 9.17) is 0 Å². The molecule has 1 heterocycles. The van der Waals surface area contributed by atoms with E-state index in [1.165, 1.54) is 36.4 Å². The molecule has 120 valence electrons. The number of imide groups is 1. The van der Waals surface area contributed by atoms with Crippen molar-refractivity contribution in [2.24, 2.45) is 0 Å². The molecule has 0 radical (unpaired) electrons. The largest absolute Gasteiger partial charge is 0.297 e. The molecule has 2 aromatic rings. The lowest BCUT2D eigenvalue weighted by atomic mass is 9.97. The monoisotopic (exact) mass is 323 g/mol. The summed E-state index contributed by atoms with van der Waals surface area (Å²) in [6.07, 6.45) is 2.70. The van der Waals surface area contributed by atoms with E-state index in [2.05, 4.69) is 0 Å². The normalized spacial score (nSPS) is 17.7. The molecule has 0 aromatic heterocycles. The van der Waals surface area contributed by atoms with Crippen LogP contribution in [0.25, 0.3) is 6.08 Å². The summed E-state index contributed by atoms with van der Waals surface area (Å²) in [4.78, 5) is 37.3. The number of rotatable bonds is 3. The summed E-state index contributed by atoms with van der Waals surface area (Å²) in [6.45, 7) is 0.0360. The molecule has 3 rings (SSSR count). The fourth-order valence-electron chi connectivity index (χ4n) is 2.59. The molecule has 2 amide bonds. The Balaban J connectivity index is 1.75. The fraction of sp³-hybridized carbons (Fsp3) is 0.105. The Morgan fingerprint density at radius 3 is 2.38 bits per heavy atom. The van der Waals surface area contributed by atoms with Crippen LogP contribution >= 0.6 is 0 Å². The molecular weight excluding hydrogens is 309 g/mol. The number of hydrogen-bond donors (Lipinski definition) is 0. The van der Waals surface area contributed by atoms with E-state index in [1.807, 2.05) is 6.07 Å². The number of amides is 2. The number of carbonyl (C=O) groups excluding carboxylic acids is 3. The van der Waals surface area contributed by atoms with Crippen molar-refractivity contribution in [1.82, 2.24) is 4.90 Å². The van der Waals surface area contributed by atoms with Crippen molar-refractivity contribution in [3.63, 3.8) is 0 Å². The van der Waals surface area contributed by atoms with E-state index in [-0.39, 0.29) is 12.4 Å². The number of ketones is 1. The van der Waals surface area contributed by atoms with Crippen LogP contribution in [0.4, 0.5) is 4.39 Å². The summed E-state index contributed by atoms with van der Waals surface area (Å²) in [7, 11) is 0. The zero-order valence-corrected chi connectivity index (χ0v) is 12.7. The summed E-state index contributed by atoms with van der Waals surface area (Å²) in [6, 6.07) is 14.5. The van der Waals surface area contributed by atoms with Crippen LogP contribution in [0.1, 0.15) is 17.0 Å². The van der Waals surface area contributed by atoms with Gasteiger partial charge in [-0.25, -0.2) is 4.39 Å². The lowest BCUT2D eigenvalue weighted by Gasteiger charge is -2.11. The van der Waals surface area contributed by atoms with Gasteiger partial charge in [-0.3, -0.25) is 19.3 Å². The maximum absolute atomic E-state index is 12.8. The number of carbonyl (C=O) groups is 3. The molecule has 2 aromatic carbocycles. The van der Waals surface area contributed by atoms with Gasteiger partial charge >= 0.3 is 0 Å². The van der Waals surface area contributed by atoms with Crippen molar-refractivity contribution in [1.29, 1.82) is 0 Å². The maximum Gasteiger partial charge on any atom is 0.297 e.